The van der Waals surface area contributed by atoms with E-state index in [0.717, 1.165) is 24.2 Å². The third-order valence-electron chi connectivity index (χ3n) is 3.81. The minimum absolute atomic E-state index is 0.615. The first-order valence-corrected chi connectivity index (χ1v) is 7.83. The van der Waals surface area contributed by atoms with Gasteiger partial charge in [-0.15, -0.1) is 0 Å². The first kappa shape index (κ1) is 13.4. The van der Waals surface area contributed by atoms with Gasteiger partial charge in [0.25, 0.3) is 0 Å². The van der Waals surface area contributed by atoms with E-state index in [2.05, 4.69) is 28.1 Å². The van der Waals surface area contributed by atoms with E-state index < -0.39 is 0 Å². The van der Waals surface area contributed by atoms with Gasteiger partial charge in [0.15, 0.2) is 0 Å². The van der Waals surface area contributed by atoms with Crippen LogP contribution in [0.5, 0.6) is 0 Å². The van der Waals surface area contributed by atoms with Crippen LogP contribution in [-0.4, -0.2) is 22.4 Å². The first-order valence-electron chi connectivity index (χ1n) is 7.05. The van der Waals surface area contributed by atoms with E-state index in [1.807, 2.05) is 18.3 Å². The molecule has 1 aliphatic heterocycles. The van der Waals surface area contributed by atoms with Crippen LogP contribution in [0.4, 0.5) is 10.8 Å². The van der Waals surface area contributed by atoms with E-state index in [9.17, 15) is 0 Å². The summed E-state index contributed by atoms with van der Waals surface area (Å²) in [6.45, 7) is 6.80. The van der Waals surface area contributed by atoms with Crippen molar-refractivity contribution in [3.8, 4) is 11.1 Å². The fraction of sp³-hybridized carbons (Fsp3) is 0.467. The van der Waals surface area contributed by atoms with E-state index >= 15 is 0 Å². The molecular weight excluding hydrogens is 268 g/mol. The molecule has 2 atom stereocenters. The minimum atomic E-state index is 0.615. The largest absolute Gasteiger partial charge is 0.382 e. The summed E-state index contributed by atoms with van der Waals surface area (Å²) in [5.74, 6) is 2.04. The molecule has 2 unspecified atom stereocenters. The Morgan fingerprint density at radius 3 is 2.70 bits per heavy atom. The number of piperidine rings is 1. The van der Waals surface area contributed by atoms with Crippen molar-refractivity contribution in [1.29, 1.82) is 0 Å². The molecule has 2 aromatic rings. The summed E-state index contributed by atoms with van der Waals surface area (Å²) in [5.41, 5.74) is 8.20. The number of nitrogens with zero attached hydrogens (tertiary/aromatic N) is 3. The fourth-order valence-electron chi connectivity index (χ4n) is 3.12. The first-order chi connectivity index (χ1) is 9.65. The number of nitrogen functional groups attached to an aromatic ring is 1. The molecule has 4 nitrogen and oxygen atoms in total. The average molecular weight is 288 g/mol. The number of aromatic nitrogens is 2. The predicted molar refractivity (Wildman–Crippen MR) is 84.9 cm³/mol. The van der Waals surface area contributed by atoms with Crippen LogP contribution in [0, 0.1) is 11.8 Å². The molecule has 0 aliphatic carbocycles. The molecule has 5 heteroatoms. The molecule has 0 amide bonds. The number of anilines is 2. The van der Waals surface area contributed by atoms with Crippen LogP contribution in [0.15, 0.2) is 24.5 Å². The van der Waals surface area contributed by atoms with Gasteiger partial charge in [0.2, 0.25) is 0 Å². The van der Waals surface area contributed by atoms with E-state index in [1.165, 1.54) is 23.0 Å². The van der Waals surface area contributed by atoms with Gasteiger partial charge in [-0.25, -0.2) is 0 Å². The zero-order valence-electron chi connectivity index (χ0n) is 11.9. The molecular formula is C15H20N4S. The van der Waals surface area contributed by atoms with Gasteiger partial charge in [-0.05, 0) is 35.9 Å². The van der Waals surface area contributed by atoms with Crippen molar-refractivity contribution in [3.63, 3.8) is 0 Å². The Labute approximate surface area is 123 Å². The van der Waals surface area contributed by atoms with Gasteiger partial charge in [-0.2, -0.15) is 4.37 Å². The highest BCUT2D eigenvalue weighted by atomic mass is 32.1. The highest BCUT2D eigenvalue weighted by molar-refractivity contribution is 7.11. The Balaban J connectivity index is 1.99. The average Bonchev–Trinajstić information content (AvgIpc) is 2.80. The number of pyridine rings is 1. The molecule has 1 saturated heterocycles. The third-order valence-corrected chi connectivity index (χ3v) is 4.73. The zero-order chi connectivity index (χ0) is 14.1. The molecule has 20 heavy (non-hydrogen) atoms. The van der Waals surface area contributed by atoms with Gasteiger partial charge in [0.05, 0.1) is 5.56 Å². The van der Waals surface area contributed by atoms with E-state index in [1.54, 1.807) is 6.20 Å². The Bertz CT molecular complexity index is 571. The number of nitrogens with two attached hydrogens (primary N) is 1. The van der Waals surface area contributed by atoms with Crippen molar-refractivity contribution >= 4 is 22.4 Å². The summed E-state index contributed by atoms with van der Waals surface area (Å²) in [6.07, 6.45) is 4.94. The van der Waals surface area contributed by atoms with Crippen molar-refractivity contribution in [2.45, 2.75) is 20.3 Å². The molecule has 3 rings (SSSR count). The molecule has 1 fully saturated rings. The number of rotatable bonds is 2. The van der Waals surface area contributed by atoms with Gasteiger partial charge >= 0.3 is 0 Å². The van der Waals surface area contributed by atoms with E-state index in [-0.39, 0.29) is 0 Å². The number of hydrogen-bond acceptors (Lipinski definition) is 5. The second-order valence-corrected chi connectivity index (χ2v) is 6.59. The van der Waals surface area contributed by atoms with Crippen LogP contribution in [0.25, 0.3) is 11.1 Å². The lowest BCUT2D eigenvalue weighted by Gasteiger charge is -2.36. The highest BCUT2D eigenvalue weighted by Gasteiger charge is 2.26. The molecule has 2 aromatic heterocycles. The lowest BCUT2D eigenvalue weighted by Crippen LogP contribution is -2.38. The van der Waals surface area contributed by atoms with Crippen LogP contribution in [0.3, 0.4) is 0 Å². The minimum Gasteiger partial charge on any atom is -0.382 e. The standard InChI is InChI=1S/C15H20N4S/c1-10-6-11(2)9-19(8-10)15-13(14(16)18-20-15)12-4-3-5-17-7-12/h3-5,7,10-11H,6,8-9H2,1-2H3,(H2,16,18). The fourth-order valence-corrected chi connectivity index (χ4v) is 3.97. The Kier molecular flexibility index (Phi) is 3.61. The second kappa shape index (κ2) is 5.40. The molecule has 3 heterocycles. The Hall–Kier alpha value is -1.62. The van der Waals surface area contributed by atoms with Crippen molar-refractivity contribution in [1.82, 2.24) is 9.36 Å². The normalized spacial score (nSPS) is 23.0. The van der Waals surface area contributed by atoms with Crippen molar-refractivity contribution in [2.75, 3.05) is 23.7 Å². The quantitative estimate of drug-likeness (QED) is 0.921. The second-order valence-electron chi connectivity index (χ2n) is 5.84. The smallest absolute Gasteiger partial charge is 0.147 e. The summed E-state index contributed by atoms with van der Waals surface area (Å²) in [7, 11) is 0. The van der Waals surface area contributed by atoms with Crippen LogP contribution in [-0.2, 0) is 0 Å². The lowest BCUT2D eigenvalue weighted by atomic mass is 9.92. The van der Waals surface area contributed by atoms with Gasteiger partial charge < -0.3 is 10.6 Å². The molecule has 106 valence electrons. The Morgan fingerprint density at radius 2 is 2.05 bits per heavy atom. The molecule has 1 aliphatic rings. The molecule has 0 bridgehead atoms. The maximum absolute atomic E-state index is 6.09. The van der Waals surface area contributed by atoms with E-state index in [0.29, 0.717) is 17.7 Å². The van der Waals surface area contributed by atoms with Crippen LogP contribution < -0.4 is 10.6 Å². The maximum atomic E-state index is 6.09. The topological polar surface area (TPSA) is 55.0 Å². The van der Waals surface area contributed by atoms with Crippen molar-refractivity contribution < 1.29 is 0 Å². The molecule has 0 saturated carbocycles. The molecule has 0 aromatic carbocycles. The summed E-state index contributed by atoms with van der Waals surface area (Å²) in [5, 5.41) is 1.19. The summed E-state index contributed by atoms with van der Waals surface area (Å²) in [6, 6.07) is 3.99. The van der Waals surface area contributed by atoms with Gasteiger partial charge in [0, 0.05) is 31.0 Å². The summed E-state index contributed by atoms with van der Waals surface area (Å²) >= 11 is 1.50. The van der Waals surface area contributed by atoms with E-state index in [4.69, 9.17) is 5.73 Å². The number of hydrogen-bond donors (Lipinski definition) is 1. The summed E-state index contributed by atoms with van der Waals surface area (Å²) in [4.78, 5) is 6.64. The van der Waals surface area contributed by atoms with Crippen molar-refractivity contribution in [3.05, 3.63) is 24.5 Å². The predicted octanol–water partition coefficient (Wildman–Crippen LogP) is 3.27. The van der Waals surface area contributed by atoms with Gasteiger partial charge in [-0.1, -0.05) is 19.9 Å². The highest BCUT2D eigenvalue weighted by Crippen LogP contribution is 2.40. The zero-order valence-corrected chi connectivity index (χ0v) is 12.7. The third kappa shape index (κ3) is 2.50. The monoisotopic (exact) mass is 288 g/mol. The van der Waals surface area contributed by atoms with Crippen LogP contribution in [0.1, 0.15) is 20.3 Å². The van der Waals surface area contributed by atoms with Crippen molar-refractivity contribution in [2.24, 2.45) is 11.8 Å². The maximum Gasteiger partial charge on any atom is 0.147 e. The molecule has 2 N–H and O–H groups in total. The lowest BCUT2D eigenvalue weighted by molar-refractivity contribution is 0.358. The van der Waals surface area contributed by atoms with Gasteiger partial charge in [-0.3, -0.25) is 4.98 Å². The molecule has 0 radical (unpaired) electrons. The van der Waals surface area contributed by atoms with Crippen LogP contribution in [0.2, 0.25) is 0 Å². The summed E-state index contributed by atoms with van der Waals surface area (Å²) < 4.78 is 4.37. The van der Waals surface area contributed by atoms with Crippen LogP contribution >= 0.6 is 11.5 Å². The van der Waals surface area contributed by atoms with Gasteiger partial charge in [0.1, 0.15) is 10.8 Å². The SMILES string of the molecule is CC1CC(C)CN(c2snc(N)c2-c2cccnc2)C1. The molecule has 0 spiro atoms. The Morgan fingerprint density at radius 1 is 1.30 bits per heavy atom.